The highest BCUT2D eigenvalue weighted by molar-refractivity contribution is 6.42. The third-order valence-corrected chi connectivity index (χ3v) is 4.58. The quantitative estimate of drug-likeness (QED) is 0.823. The maximum Gasteiger partial charge on any atom is 0.221 e. The van der Waals surface area contributed by atoms with Gasteiger partial charge in [-0.25, -0.2) is 0 Å². The average molecular weight is 332 g/mol. The summed E-state index contributed by atoms with van der Waals surface area (Å²) in [6, 6.07) is 13.9. The zero-order valence-electron chi connectivity index (χ0n) is 12.1. The highest BCUT2D eigenvalue weighted by Gasteiger charge is 2.23. The number of hydrogen-bond acceptors (Lipinski definition) is 1. The third kappa shape index (κ3) is 2.90. The number of benzene rings is 2. The van der Waals surface area contributed by atoms with Crippen LogP contribution in [0.3, 0.4) is 0 Å². The first-order chi connectivity index (χ1) is 10.6. The zero-order chi connectivity index (χ0) is 15.7. The maximum absolute atomic E-state index is 11.4. The van der Waals surface area contributed by atoms with Crippen molar-refractivity contribution in [3.8, 4) is 0 Å². The SMILES string of the molecule is CC(=O)NC1=CC[C@H](c2ccc(Cl)c(Cl)c2)c2ccccc21. The maximum atomic E-state index is 11.4. The van der Waals surface area contributed by atoms with Crippen molar-refractivity contribution in [2.45, 2.75) is 19.3 Å². The predicted molar refractivity (Wildman–Crippen MR) is 91.2 cm³/mol. The minimum Gasteiger partial charge on any atom is -0.326 e. The van der Waals surface area contributed by atoms with E-state index in [9.17, 15) is 4.79 Å². The summed E-state index contributed by atoms with van der Waals surface area (Å²) < 4.78 is 0. The van der Waals surface area contributed by atoms with Crippen LogP contribution in [0.25, 0.3) is 5.70 Å². The van der Waals surface area contributed by atoms with Crippen LogP contribution >= 0.6 is 23.2 Å². The normalized spacial score (nSPS) is 16.7. The first-order valence-corrected chi connectivity index (χ1v) is 7.84. The van der Waals surface area contributed by atoms with Crippen molar-refractivity contribution in [3.05, 3.63) is 75.3 Å². The van der Waals surface area contributed by atoms with Gasteiger partial charge < -0.3 is 5.32 Å². The predicted octanol–water partition coefficient (Wildman–Crippen LogP) is 5.01. The molecule has 2 nitrogen and oxygen atoms in total. The second-order valence-electron chi connectivity index (χ2n) is 5.35. The molecule has 0 fully saturated rings. The van der Waals surface area contributed by atoms with E-state index in [1.165, 1.54) is 12.5 Å². The molecule has 0 unspecified atom stereocenters. The topological polar surface area (TPSA) is 29.1 Å². The molecule has 22 heavy (non-hydrogen) atoms. The fourth-order valence-corrected chi connectivity index (χ4v) is 3.18. The van der Waals surface area contributed by atoms with E-state index in [2.05, 4.69) is 17.5 Å². The molecule has 2 aromatic rings. The third-order valence-electron chi connectivity index (χ3n) is 3.84. The summed E-state index contributed by atoms with van der Waals surface area (Å²) in [5.74, 6) is 0.150. The van der Waals surface area contributed by atoms with Gasteiger partial charge in [0.15, 0.2) is 0 Å². The lowest BCUT2D eigenvalue weighted by Crippen LogP contribution is -2.22. The van der Waals surface area contributed by atoms with Gasteiger partial charge >= 0.3 is 0 Å². The summed E-state index contributed by atoms with van der Waals surface area (Å²) in [7, 11) is 0. The summed E-state index contributed by atoms with van der Waals surface area (Å²) in [4.78, 5) is 11.4. The molecular formula is C18H15Cl2NO. The average Bonchev–Trinajstić information content (AvgIpc) is 2.50. The lowest BCUT2D eigenvalue weighted by molar-refractivity contribution is -0.117. The minimum atomic E-state index is -0.0611. The van der Waals surface area contributed by atoms with E-state index in [-0.39, 0.29) is 11.8 Å². The second kappa shape index (κ2) is 6.15. The molecule has 3 rings (SSSR count). The number of carbonyl (C=O) groups is 1. The van der Waals surface area contributed by atoms with Gasteiger partial charge in [0.2, 0.25) is 5.91 Å². The largest absolute Gasteiger partial charge is 0.326 e. The molecular weight excluding hydrogens is 317 g/mol. The van der Waals surface area contributed by atoms with Gasteiger partial charge in [0.05, 0.1) is 10.0 Å². The Hall–Kier alpha value is -1.77. The van der Waals surface area contributed by atoms with Crippen LogP contribution in [0.1, 0.15) is 36.0 Å². The standard InChI is InChI=1S/C18H15Cl2NO/c1-11(22)21-18-9-7-13(14-4-2-3-5-15(14)18)12-6-8-16(19)17(20)10-12/h2-6,8-10,13H,7H2,1H3,(H,21,22)/t13-/m1/s1. The van der Waals surface area contributed by atoms with Crippen molar-refractivity contribution in [1.82, 2.24) is 5.32 Å². The van der Waals surface area contributed by atoms with Crippen molar-refractivity contribution in [2.24, 2.45) is 0 Å². The van der Waals surface area contributed by atoms with Gasteiger partial charge in [-0.1, -0.05) is 59.6 Å². The monoisotopic (exact) mass is 331 g/mol. The molecule has 1 atom stereocenters. The van der Waals surface area contributed by atoms with Crippen molar-refractivity contribution >= 4 is 34.8 Å². The zero-order valence-corrected chi connectivity index (χ0v) is 13.6. The Bertz CT molecular complexity index is 767. The molecule has 1 amide bonds. The molecule has 0 bridgehead atoms. The van der Waals surface area contributed by atoms with Crippen LogP contribution in [0, 0.1) is 0 Å². The Morgan fingerprint density at radius 2 is 1.91 bits per heavy atom. The fraction of sp³-hybridized carbons (Fsp3) is 0.167. The number of halogens is 2. The van der Waals surface area contributed by atoms with Gasteiger partial charge in [0.1, 0.15) is 0 Å². The number of allylic oxidation sites excluding steroid dienone is 1. The molecule has 0 spiro atoms. The molecule has 0 aliphatic heterocycles. The number of rotatable bonds is 2. The first kappa shape index (κ1) is 15.1. The Morgan fingerprint density at radius 1 is 1.14 bits per heavy atom. The Kier molecular flexibility index (Phi) is 4.23. The van der Waals surface area contributed by atoms with Crippen LogP contribution in [-0.2, 0) is 4.79 Å². The van der Waals surface area contributed by atoms with E-state index in [0.29, 0.717) is 10.0 Å². The number of nitrogens with one attached hydrogen (secondary N) is 1. The van der Waals surface area contributed by atoms with Crippen LogP contribution in [0.4, 0.5) is 0 Å². The number of hydrogen-bond donors (Lipinski definition) is 1. The van der Waals surface area contributed by atoms with Gasteiger partial charge in [0.25, 0.3) is 0 Å². The molecule has 0 saturated carbocycles. The number of carbonyl (C=O) groups excluding carboxylic acids is 1. The van der Waals surface area contributed by atoms with Crippen LogP contribution in [0.5, 0.6) is 0 Å². The molecule has 2 aromatic carbocycles. The highest BCUT2D eigenvalue weighted by atomic mass is 35.5. The van der Waals surface area contributed by atoms with E-state index < -0.39 is 0 Å². The van der Waals surface area contributed by atoms with Gasteiger partial charge in [-0.15, -0.1) is 0 Å². The van der Waals surface area contributed by atoms with Crippen molar-refractivity contribution in [3.63, 3.8) is 0 Å². The number of amides is 1. The second-order valence-corrected chi connectivity index (χ2v) is 6.16. The molecule has 1 aliphatic rings. The van der Waals surface area contributed by atoms with Crippen LogP contribution in [-0.4, -0.2) is 5.91 Å². The van der Waals surface area contributed by atoms with Gasteiger partial charge in [-0.3, -0.25) is 4.79 Å². The molecule has 1 N–H and O–H groups in total. The van der Waals surface area contributed by atoms with Crippen molar-refractivity contribution < 1.29 is 4.79 Å². The van der Waals surface area contributed by atoms with Crippen LogP contribution in [0.15, 0.2) is 48.5 Å². The molecule has 4 heteroatoms. The van der Waals surface area contributed by atoms with E-state index in [1.54, 1.807) is 0 Å². The summed E-state index contributed by atoms with van der Waals surface area (Å²) in [6.07, 6.45) is 2.88. The molecule has 0 aromatic heterocycles. The van der Waals surface area contributed by atoms with Crippen LogP contribution < -0.4 is 5.32 Å². The fourth-order valence-electron chi connectivity index (χ4n) is 2.87. The van der Waals surface area contributed by atoms with E-state index >= 15 is 0 Å². The molecule has 1 aliphatic carbocycles. The lowest BCUT2D eigenvalue weighted by Gasteiger charge is -2.26. The summed E-state index contributed by atoms with van der Waals surface area (Å²) >= 11 is 12.2. The lowest BCUT2D eigenvalue weighted by atomic mass is 9.81. The summed E-state index contributed by atoms with van der Waals surface area (Å²) in [5.41, 5.74) is 4.24. The molecule has 0 saturated heterocycles. The van der Waals surface area contributed by atoms with Gasteiger partial charge in [-0.2, -0.15) is 0 Å². The summed E-state index contributed by atoms with van der Waals surface area (Å²) in [6.45, 7) is 1.52. The Labute approximate surface area is 139 Å². The van der Waals surface area contributed by atoms with E-state index in [1.807, 2.05) is 36.4 Å². The van der Waals surface area contributed by atoms with E-state index in [4.69, 9.17) is 23.2 Å². The van der Waals surface area contributed by atoms with E-state index in [0.717, 1.165) is 23.2 Å². The molecule has 0 radical (unpaired) electrons. The minimum absolute atomic E-state index is 0.0611. The summed E-state index contributed by atoms with van der Waals surface area (Å²) in [5, 5.41) is 4.03. The molecule has 112 valence electrons. The molecule has 0 heterocycles. The first-order valence-electron chi connectivity index (χ1n) is 7.08. The van der Waals surface area contributed by atoms with Gasteiger partial charge in [-0.05, 0) is 29.7 Å². The van der Waals surface area contributed by atoms with Crippen molar-refractivity contribution in [2.75, 3.05) is 0 Å². The Morgan fingerprint density at radius 3 is 2.64 bits per heavy atom. The smallest absolute Gasteiger partial charge is 0.221 e. The Balaban J connectivity index is 2.04. The van der Waals surface area contributed by atoms with Crippen LogP contribution in [0.2, 0.25) is 10.0 Å². The highest BCUT2D eigenvalue weighted by Crippen LogP contribution is 2.39. The van der Waals surface area contributed by atoms with Crippen molar-refractivity contribution in [1.29, 1.82) is 0 Å². The van der Waals surface area contributed by atoms with Gasteiger partial charge in [0, 0.05) is 24.1 Å². The number of fused-ring (bicyclic) bond motifs is 1.